The van der Waals surface area contributed by atoms with Crippen LogP contribution in [0.3, 0.4) is 0 Å². The number of carbonyl (C=O) groups excluding carboxylic acids is 1. The summed E-state index contributed by atoms with van der Waals surface area (Å²) in [6, 6.07) is 3.88. The van der Waals surface area contributed by atoms with Crippen molar-refractivity contribution in [3.05, 3.63) is 35.1 Å². The Kier molecular flexibility index (Phi) is 4.34. The summed E-state index contributed by atoms with van der Waals surface area (Å²) >= 11 is 0. The van der Waals surface area contributed by atoms with E-state index in [1.807, 2.05) is 4.90 Å². The smallest absolute Gasteiger partial charge is 0.335 e. The normalized spacial score (nSPS) is 19.0. The number of carboxylic acid groups (broad SMARTS) is 1. The number of halogens is 1. The largest absolute Gasteiger partial charge is 0.478 e. The molecule has 108 valence electrons. The maximum atomic E-state index is 13.7. The van der Waals surface area contributed by atoms with Crippen LogP contribution in [-0.2, 0) is 11.3 Å². The third-order valence-corrected chi connectivity index (χ3v) is 3.37. The van der Waals surface area contributed by atoms with Crippen LogP contribution in [-0.4, -0.2) is 41.0 Å². The number of nitrogens with one attached hydrogen (secondary N) is 1. The Morgan fingerprint density at radius 2 is 2.25 bits per heavy atom. The number of hydrogen-bond acceptors (Lipinski definition) is 3. The zero-order valence-corrected chi connectivity index (χ0v) is 11.2. The lowest BCUT2D eigenvalue weighted by Gasteiger charge is -2.17. The van der Waals surface area contributed by atoms with Gasteiger partial charge in [0.25, 0.3) is 0 Å². The van der Waals surface area contributed by atoms with Crippen LogP contribution in [0.4, 0.5) is 4.39 Å². The Balaban J connectivity index is 2.02. The number of aromatic carboxylic acids is 1. The van der Waals surface area contributed by atoms with Gasteiger partial charge in [0, 0.05) is 38.2 Å². The molecule has 0 radical (unpaired) electrons. The predicted molar refractivity (Wildman–Crippen MR) is 70.9 cm³/mol. The number of likely N-dealkylation sites (tertiary alicyclic amines) is 1. The molecule has 0 spiro atoms. The first-order chi connectivity index (χ1) is 9.45. The van der Waals surface area contributed by atoms with Crippen LogP contribution in [0.5, 0.6) is 0 Å². The van der Waals surface area contributed by atoms with Crippen LogP contribution >= 0.6 is 0 Å². The van der Waals surface area contributed by atoms with Gasteiger partial charge in [0.2, 0.25) is 5.91 Å². The highest BCUT2D eigenvalue weighted by molar-refractivity contribution is 5.87. The summed E-state index contributed by atoms with van der Waals surface area (Å²) in [5.74, 6) is -1.54. The molecule has 1 unspecified atom stereocenters. The minimum atomic E-state index is -1.07. The van der Waals surface area contributed by atoms with Crippen molar-refractivity contribution in [3.63, 3.8) is 0 Å². The number of carboxylic acids is 1. The van der Waals surface area contributed by atoms with Gasteiger partial charge in [-0.1, -0.05) is 0 Å². The fraction of sp³-hybridized carbons (Fsp3) is 0.429. The minimum absolute atomic E-state index is 0.0732. The molecule has 1 atom stereocenters. The van der Waals surface area contributed by atoms with E-state index in [0.717, 1.165) is 13.0 Å². The molecule has 1 aromatic rings. The molecule has 6 heteroatoms. The molecule has 2 N–H and O–H groups in total. The van der Waals surface area contributed by atoms with Gasteiger partial charge in [0.15, 0.2) is 0 Å². The lowest BCUT2D eigenvalue weighted by molar-refractivity contribution is -0.119. The maximum Gasteiger partial charge on any atom is 0.335 e. The molecule has 20 heavy (non-hydrogen) atoms. The van der Waals surface area contributed by atoms with Crippen molar-refractivity contribution in [3.8, 4) is 0 Å². The predicted octanol–water partition coefficient (Wildman–Crippen LogP) is 1.23. The molecular weight excluding hydrogens is 263 g/mol. The van der Waals surface area contributed by atoms with Crippen molar-refractivity contribution >= 4 is 11.9 Å². The van der Waals surface area contributed by atoms with Gasteiger partial charge in [-0.3, -0.25) is 9.69 Å². The third-order valence-electron chi connectivity index (χ3n) is 3.37. The Hall–Kier alpha value is -1.95. The van der Waals surface area contributed by atoms with Crippen LogP contribution in [0.25, 0.3) is 0 Å². The second kappa shape index (κ2) is 6.00. The fourth-order valence-electron chi connectivity index (χ4n) is 2.45. The summed E-state index contributed by atoms with van der Waals surface area (Å²) in [6.07, 6.45) is 0.819. The van der Waals surface area contributed by atoms with Gasteiger partial charge in [-0.25, -0.2) is 9.18 Å². The maximum absolute atomic E-state index is 13.7. The molecule has 1 heterocycles. The molecule has 1 amide bonds. The molecule has 1 aromatic carbocycles. The summed E-state index contributed by atoms with van der Waals surface area (Å²) in [4.78, 5) is 23.9. The van der Waals surface area contributed by atoms with Crippen molar-refractivity contribution < 1.29 is 19.1 Å². The Bertz CT molecular complexity index is 533. The van der Waals surface area contributed by atoms with Gasteiger partial charge in [0.1, 0.15) is 5.82 Å². The van der Waals surface area contributed by atoms with E-state index < -0.39 is 11.8 Å². The molecule has 1 aliphatic heterocycles. The highest BCUT2D eigenvalue weighted by Crippen LogP contribution is 2.17. The van der Waals surface area contributed by atoms with Gasteiger partial charge in [-0.05, 0) is 24.6 Å². The molecule has 5 nitrogen and oxygen atoms in total. The van der Waals surface area contributed by atoms with Crippen LogP contribution in [0.2, 0.25) is 0 Å². The summed E-state index contributed by atoms with van der Waals surface area (Å²) in [5, 5.41) is 11.8. The van der Waals surface area contributed by atoms with E-state index in [1.165, 1.54) is 25.1 Å². The molecular formula is C14H17FN2O3. The van der Waals surface area contributed by atoms with E-state index in [-0.39, 0.29) is 17.5 Å². The number of rotatable bonds is 4. The quantitative estimate of drug-likeness (QED) is 0.870. The van der Waals surface area contributed by atoms with E-state index in [4.69, 9.17) is 5.11 Å². The van der Waals surface area contributed by atoms with Crippen molar-refractivity contribution in [1.82, 2.24) is 10.2 Å². The molecule has 0 aromatic heterocycles. The molecule has 1 fully saturated rings. The van der Waals surface area contributed by atoms with Gasteiger partial charge in [-0.15, -0.1) is 0 Å². The molecule has 0 bridgehead atoms. The van der Waals surface area contributed by atoms with Crippen molar-refractivity contribution in [1.29, 1.82) is 0 Å². The number of carbonyl (C=O) groups is 2. The zero-order chi connectivity index (χ0) is 14.7. The number of benzene rings is 1. The van der Waals surface area contributed by atoms with Gasteiger partial charge in [-0.2, -0.15) is 0 Å². The molecule has 0 aliphatic carbocycles. The average Bonchev–Trinajstić information content (AvgIpc) is 2.78. The van der Waals surface area contributed by atoms with Crippen molar-refractivity contribution in [2.75, 3.05) is 13.1 Å². The van der Waals surface area contributed by atoms with Crippen LogP contribution in [0.15, 0.2) is 18.2 Å². The standard InChI is InChI=1S/C14H17FN2O3/c1-9(18)16-12-4-5-17(8-12)7-11-6-10(14(19)20)2-3-13(11)15/h2-3,6,12H,4-5,7-8H2,1H3,(H,16,18)(H,19,20). The van der Waals surface area contributed by atoms with Gasteiger partial charge >= 0.3 is 5.97 Å². The van der Waals surface area contributed by atoms with E-state index in [2.05, 4.69) is 5.32 Å². The topological polar surface area (TPSA) is 69.6 Å². The Labute approximate surface area is 116 Å². The highest BCUT2D eigenvalue weighted by Gasteiger charge is 2.23. The number of hydrogen-bond donors (Lipinski definition) is 2. The molecule has 2 rings (SSSR count). The van der Waals surface area contributed by atoms with Crippen LogP contribution in [0, 0.1) is 5.82 Å². The number of nitrogens with zero attached hydrogens (tertiary/aromatic N) is 1. The first-order valence-corrected chi connectivity index (χ1v) is 6.47. The summed E-state index contributed by atoms with van der Waals surface area (Å²) in [6.45, 7) is 3.22. The van der Waals surface area contributed by atoms with E-state index in [9.17, 15) is 14.0 Å². The molecule has 0 saturated carbocycles. The Morgan fingerprint density at radius 3 is 2.90 bits per heavy atom. The number of amides is 1. The first-order valence-electron chi connectivity index (χ1n) is 6.47. The second-order valence-electron chi connectivity index (χ2n) is 5.03. The monoisotopic (exact) mass is 280 g/mol. The van der Waals surface area contributed by atoms with Crippen LogP contribution < -0.4 is 5.32 Å². The summed E-state index contributed by atoms with van der Waals surface area (Å²) < 4.78 is 13.7. The van der Waals surface area contributed by atoms with E-state index >= 15 is 0 Å². The fourth-order valence-corrected chi connectivity index (χ4v) is 2.45. The van der Waals surface area contributed by atoms with Gasteiger partial charge < -0.3 is 10.4 Å². The molecule has 1 aliphatic rings. The van der Waals surface area contributed by atoms with E-state index in [1.54, 1.807) is 0 Å². The zero-order valence-electron chi connectivity index (χ0n) is 11.2. The first kappa shape index (κ1) is 14.5. The second-order valence-corrected chi connectivity index (χ2v) is 5.03. The SMILES string of the molecule is CC(=O)NC1CCN(Cc2cc(C(=O)O)ccc2F)C1. The van der Waals surface area contributed by atoms with E-state index in [0.29, 0.717) is 18.7 Å². The van der Waals surface area contributed by atoms with Gasteiger partial charge in [0.05, 0.1) is 5.56 Å². The summed E-state index contributed by atoms with van der Waals surface area (Å²) in [7, 11) is 0. The lowest BCUT2D eigenvalue weighted by Crippen LogP contribution is -2.35. The average molecular weight is 280 g/mol. The molecule has 1 saturated heterocycles. The highest BCUT2D eigenvalue weighted by atomic mass is 19.1. The van der Waals surface area contributed by atoms with Crippen molar-refractivity contribution in [2.24, 2.45) is 0 Å². The third kappa shape index (κ3) is 3.54. The van der Waals surface area contributed by atoms with Crippen LogP contribution in [0.1, 0.15) is 29.3 Å². The van der Waals surface area contributed by atoms with Crippen molar-refractivity contribution in [2.45, 2.75) is 25.9 Å². The minimum Gasteiger partial charge on any atom is -0.478 e. The Morgan fingerprint density at radius 1 is 1.50 bits per heavy atom. The lowest BCUT2D eigenvalue weighted by atomic mass is 10.1. The summed E-state index contributed by atoms with van der Waals surface area (Å²) in [5.41, 5.74) is 0.451.